The van der Waals surface area contributed by atoms with Gasteiger partial charge in [0.15, 0.2) is 5.75 Å². The number of hydrogen-bond acceptors (Lipinski definition) is 5. The molecule has 0 fully saturated rings. The van der Waals surface area contributed by atoms with E-state index in [0.717, 1.165) is 0 Å². The molecule has 1 amide bonds. The monoisotopic (exact) mass is 336 g/mol. The number of amides is 1. The standard InChI is InChI=1S/C15H13ClN2O5/c1-9-3-4-10(18(20)21)7-13(9)17-15(19)23-14-6-5-11(22-2)8-12(14)16/h3-8H,1-2H3,(H,17,19). The number of carbonyl (C=O) groups is 1. The van der Waals surface area contributed by atoms with Crippen LogP contribution in [0, 0.1) is 17.0 Å². The average molecular weight is 337 g/mol. The predicted octanol–water partition coefficient (Wildman–Crippen LogP) is 4.18. The molecule has 7 nitrogen and oxygen atoms in total. The summed E-state index contributed by atoms with van der Waals surface area (Å²) in [4.78, 5) is 22.2. The van der Waals surface area contributed by atoms with Crippen molar-refractivity contribution >= 4 is 29.1 Å². The minimum Gasteiger partial charge on any atom is -0.497 e. The van der Waals surface area contributed by atoms with Gasteiger partial charge in [-0.15, -0.1) is 0 Å². The molecule has 0 saturated heterocycles. The zero-order valence-corrected chi connectivity index (χ0v) is 13.1. The highest BCUT2D eigenvalue weighted by molar-refractivity contribution is 6.32. The zero-order valence-electron chi connectivity index (χ0n) is 12.3. The molecule has 2 aromatic carbocycles. The molecule has 8 heteroatoms. The molecule has 2 rings (SSSR count). The van der Waals surface area contributed by atoms with Crippen LogP contribution in [0.25, 0.3) is 0 Å². The summed E-state index contributed by atoms with van der Waals surface area (Å²) < 4.78 is 10.1. The molecule has 0 aliphatic heterocycles. The summed E-state index contributed by atoms with van der Waals surface area (Å²) in [7, 11) is 1.49. The van der Waals surface area contributed by atoms with Crippen LogP contribution in [0.2, 0.25) is 5.02 Å². The average Bonchev–Trinajstić information content (AvgIpc) is 2.51. The number of non-ortho nitro benzene ring substituents is 1. The van der Waals surface area contributed by atoms with Crippen molar-refractivity contribution in [2.45, 2.75) is 6.92 Å². The lowest BCUT2D eigenvalue weighted by molar-refractivity contribution is -0.384. The van der Waals surface area contributed by atoms with Crippen LogP contribution in [-0.4, -0.2) is 18.1 Å². The maximum Gasteiger partial charge on any atom is 0.417 e. The number of nitro benzene ring substituents is 1. The SMILES string of the molecule is COc1ccc(OC(=O)Nc2cc([N+](=O)[O-])ccc2C)c(Cl)c1. The Bertz CT molecular complexity index is 764. The number of nitro groups is 1. The summed E-state index contributed by atoms with van der Waals surface area (Å²) in [6.45, 7) is 1.71. The van der Waals surface area contributed by atoms with Crippen molar-refractivity contribution in [3.05, 3.63) is 57.1 Å². The van der Waals surface area contributed by atoms with Crippen LogP contribution < -0.4 is 14.8 Å². The van der Waals surface area contributed by atoms with E-state index in [2.05, 4.69) is 5.32 Å². The second kappa shape index (κ2) is 6.97. The van der Waals surface area contributed by atoms with Gasteiger partial charge in [0.25, 0.3) is 5.69 Å². The van der Waals surface area contributed by atoms with Gasteiger partial charge in [0.1, 0.15) is 5.75 Å². The van der Waals surface area contributed by atoms with Crippen molar-refractivity contribution < 1.29 is 19.2 Å². The highest BCUT2D eigenvalue weighted by Gasteiger charge is 2.13. The van der Waals surface area contributed by atoms with Gasteiger partial charge >= 0.3 is 6.09 Å². The maximum absolute atomic E-state index is 11.9. The van der Waals surface area contributed by atoms with E-state index in [1.807, 2.05) is 0 Å². The minimum atomic E-state index is -0.805. The molecular formula is C15H13ClN2O5. The number of ether oxygens (including phenoxy) is 2. The van der Waals surface area contributed by atoms with E-state index in [1.54, 1.807) is 13.0 Å². The van der Waals surface area contributed by atoms with Crippen molar-refractivity contribution in [3.63, 3.8) is 0 Å². The second-order valence-corrected chi connectivity index (χ2v) is 4.97. The third-order valence-electron chi connectivity index (χ3n) is 3.01. The van der Waals surface area contributed by atoms with Gasteiger partial charge in [-0.1, -0.05) is 17.7 Å². The molecule has 0 aliphatic rings. The van der Waals surface area contributed by atoms with E-state index in [1.165, 1.54) is 37.4 Å². The number of methoxy groups -OCH3 is 1. The Balaban J connectivity index is 2.14. The summed E-state index contributed by atoms with van der Waals surface area (Å²) in [5.41, 5.74) is 0.815. The molecule has 0 aliphatic carbocycles. The van der Waals surface area contributed by atoms with Gasteiger partial charge in [-0.25, -0.2) is 4.79 Å². The fraction of sp³-hybridized carbons (Fsp3) is 0.133. The fourth-order valence-electron chi connectivity index (χ4n) is 1.78. The predicted molar refractivity (Wildman–Crippen MR) is 85.5 cm³/mol. The molecule has 0 saturated carbocycles. The Labute approximate surface area is 136 Å². The first-order valence-corrected chi connectivity index (χ1v) is 6.86. The summed E-state index contributed by atoms with van der Waals surface area (Å²) in [5.74, 6) is 0.672. The van der Waals surface area contributed by atoms with Crippen molar-refractivity contribution in [2.75, 3.05) is 12.4 Å². The molecular weight excluding hydrogens is 324 g/mol. The van der Waals surface area contributed by atoms with Crippen LogP contribution >= 0.6 is 11.6 Å². The third-order valence-corrected chi connectivity index (χ3v) is 3.31. The van der Waals surface area contributed by atoms with Gasteiger partial charge in [0.2, 0.25) is 0 Å². The molecule has 0 unspecified atom stereocenters. The van der Waals surface area contributed by atoms with Crippen LogP contribution in [0.15, 0.2) is 36.4 Å². The van der Waals surface area contributed by atoms with Crippen molar-refractivity contribution in [1.82, 2.24) is 0 Å². The lowest BCUT2D eigenvalue weighted by Crippen LogP contribution is -2.17. The van der Waals surface area contributed by atoms with Gasteiger partial charge in [-0.05, 0) is 24.6 Å². The number of hydrogen-bond donors (Lipinski definition) is 1. The van der Waals surface area contributed by atoms with Crippen molar-refractivity contribution in [1.29, 1.82) is 0 Å². The van der Waals surface area contributed by atoms with Gasteiger partial charge < -0.3 is 9.47 Å². The Morgan fingerprint density at radius 2 is 2.00 bits per heavy atom. The third kappa shape index (κ3) is 4.10. The Hall–Kier alpha value is -2.80. The molecule has 0 atom stereocenters. The van der Waals surface area contributed by atoms with Crippen LogP contribution in [0.3, 0.4) is 0 Å². The number of anilines is 1. The molecule has 0 radical (unpaired) electrons. The van der Waals surface area contributed by atoms with E-state index in [9.17, 15) is 14.9 Å². The molecule has 0 bridgehead atoms. The molecule has 23 heavy (non-hydrogen) atoms. The van der Waals surface area contributed by atoms with E-state index in [4.69, 9.17) is 21.1 Å². The Morgan fingerprint density at radius 3 is 2.61 bits per heavy atom. The van der Waals surface area contributed by atoms with Crippen LogP contribution in [-0.2, 0) is 0 Å². The topological polar surface area (TPSA) is 90.7 Å². The lowest BCUT2D eigenvalue weighted by atomic mass is 10.2. The van der Waals surface area contributed by atoms with Gasteiger partial charge in [0, 0.05) is 18.2 Å². The largest absolute Gasteiger partial charge is 0.497 e. The number of nitrogens with one attached hydrogen (secondary N) is 1. The van der Waals surface area contributed by atoms with Gasteiger partial charge in [0.05, 0.1) is 22.7 Å². The number of aryl methyl sites for hydroxylation is 1. The Kier molecular flexibility index (Phi) is 5.02. The summed E-state index contributed by atoms with van der Waals surface area (Å²) in [5, 5.41) is 13.4. The fourth-order valence-corrected chi connectivity index (χ4v) is 1.99. The van der Waals surface area contributed by atoms with E-state index >= 15 is 0 Å². The summed E-state index contributed by atoms with van der Waals surface area (Å²) >= 11 is 5.98. The Morgan fingerprint density at radius 1 is 1.26 bits per heavy atom. The number of rotatable bonds is 4. The second-order valence-electron chi connectivity index (χ2n) is 4.57. The molecule has 0 spiro atoms. The van der Waals surface area contributed by atoms with Gasteiger partial charge in [-0.2, -0.15) is 0 Å². The van der Waals surface area contributed by atoms with Gasteiger partial charge in [-0.3, -0.25) is 15.4 Å². The highest BCUT2D eigenvalue weighted by atomic mass is 35.5. The minimum absolute atomic E-state index is 0.131. The lowest BCUT2D eigenvalue weighted by Gasteiger charge is -2.10. The highest BCUT2D eigenvalue weighted by Crippen LogP contribution is 2.29. The van der Waals surface area contributed by atoms with Crippen molar-refractivity contribution in [3.8, 4) is 11.5 Å². The van der Waals surface area contributed by atoms with E-state index < -0.39 is 11.0 Å². The van der Waals surface area contributed by atoms with Crippen LogP contribution in [0.4, 0.5) is 16.2 Å². The maximum atomic E-state index is 11.9. The number of halogens is 1. The molecule has 0 aromatic heterocycles. The number of carbonyl (C=O) groups excluding carboxylic acids is 1. The first kappa shape index (κ1) is 16.6. The molecule has 0 heterocycles. The molecule has 120 valence electrons. The number of nitrogens with zero attached hydrogens (tertiary/aromatic N) is 1. The van der Waals surface area contributed by atoms with Crippen molar-refractivity contribution in [2.24, 2.45) is 0 Å². The first-order chi connectivity index (χ1) is 10.9. The normalized spacial score (nSPS) is 10.0. The quantitative estimate of drug-likeness (QED) is 0.668. The smallest absolute Gasteiger partial charge is 0.417 e. The molecule has 1 N–H and O–H groups in total. The van der Waals surface area contributed by atoms with E-state index in [0.29, 0.717) is 11.3 Å². The van der Waals surface area contributed by atoms with Crippen LogP contribution in [0.5, 0.6) is 11.5 Å². The summed E-state index contributed by atoms with van der Waals surface area (Å²) in [6.07, 6.45) is -0.805. The number of benzene rings is 2. The van der Waals surface area contributed by atoms with E-state index in [-0.39, 0.29) is 22.1 Å². The zero-order chi connectivity index (χ0) is 17.0. The summed E-state index contributed by atoms with van der Waals surface area (Å²) in [6, 6.07) is 8.73. The van der Waals surface area contributed by atoms with Crippen LogP contribution in [0.1, 0.15) is 5.56 Å². The molecule has 2 aromatic rings. The first-order valence-electron chi connectivity index (χ1n) is 6.48.